The van der Waals surface area contributed by atoms with Crippen LogP contribution >= 0.6 is 0 Å². The number of nitrogens with zero attached hydrogens (tertiary/aromatic N) is 1. The van der Waals surface area contributed by atoms with Gasteiger partial charge in [-0.05, 0) is 18.4 Å². The number of benzene rings is 1. The third kappa shape index (κ3) is 3.01. The molecule has 2 aliphatic rings. The zero-order chi connectivity index (χ0) is 13.2. The lowest BCUT2D eigenvalue weighted by molar-refractivity contribution is 0.158. The Balaban J connectivity index is 1.83. The number of phenols is 2. The number of rotatable bonds is 4. The van der Waals surface area contributed by atoms with Gasteiger partial charge in [0, 0.05) is 43.9 Å². The van der Waals surface area contributed by atoms with Gasteiger partial charge in [-0.25, -0.2) is 0 Å². The van der Waals surface area contributed by atoms with Crippen molar-refractivity contribution in [1.29, 1.82) is 0 Å². The maximum absolute atomic E-state index is 10.1. The summed E-state index contributed by atoms with van der Waals surface area (Å²) in [4.78, 5) is 2.46. The lowest BCUT2D eigenvalue weighted by atomic mass is 9.97. The average molecular weight is 262 g/mol. The first-order chi connectivity index (χ1) is 9.24. The van der Waals surface area contributed by atoms with Crippen LogP contribution in [0.15, 0.2) is 18.2 Å². The molecule has 0 bridgehead atoms. The molecule has 4 heteroatoms. The molecule has 1 heterocycles. The second-order valence-electron chi connectivity index (χ2n) is 5.72. The minimum atomic E-state index is 0.131. The summed E-state index contributed by atoms with van der Waals surface area (Å²) in [6.07, 6.45) is 3.77. The number of hydrogen-bond acceptors (Lipinski definition) is 4. The van der Waals surface area contributed by atoms with Gasteiger partial charge in [-0.3, -0.25) is 4.90 Å². The quantitative estimate of drug-likeness (QED) is 0.775. The molecule has 0 radical (unpaired) electrons. The van der Waals surface area contributed by atoms with Crippen molar-refractivity contribution in [3.05, 3.63) is 23.8 Å². The zero-order valence-electron chi connectivity index (χ0n) is 11.2. The summed E-state index contributed by atoms with van der Waals surface area (Å²) >= 11 is 0. The Morgan fingerprint density at radius 1 is 1.21 bits per heavy atom. The van der Waals surface area contributed by atoms with Gasteiger partial charge in [0.05, 0.1) is 0 Å². The van der Waals surface area contributed by atoms with Gasteiger partial charge in [-0.2, -0.15) is 0 Å². The van der Waals surface area contributed by atoms with Crippen LogP contribution in [0, 0.1) is 5.92 Å². The average Bonchev–Trinajstić information content (AvgIpc) is 3.22. The number of piperazine rings is 1. The number of phenolic OH excluding ortho intramolecular Hbond substituents is 2. The van der Waals surface area contributed by atoms with E-state index in [1.54, 1.807) is 6.07 Å². The van der Waals surface area contributed by atoms with Crippen LogP contribution in [-0.2, 0) is 0 Å². The Labute approximate surface area is 114 Å². The van der Waals surface area contributed by atoms with Gasteiger partial charge in [0.1, 0.15) is 11.5 Å². The van der Waals surface area contributed by atoms with E-state index in [1.807, 2.05) is 6.07 Å². The summed E-state index contributed by atoms with van der Waals surface area (Å²) in [7, 11) is 0. The normalized spacial score (nSPS) is 22.3. The molecular weight excluding hydrogens is 240 g/mol. The Kier molecular flexibility index (Phi) is 3.62. The van der Waals surface area contributed by atoms with Gasteiger partial charge in [-0.1, -0.05) is 18.9 Å². The van der Waals surface area contributed by atoms with E-state index in [-0.39, 0.29) is 17.5 Å². The summed E-state index contributed by atoms with van der Waals surface area (Å²) in [6, 6.07) is 5.30. The molecule has 2 fully saturated rings. The Bertz CT molecular complexity index is 440. The van der Waals surface area contributed by atoms with Crippen LogP contribution in [-0.4, -0.2) is 41.3 Å². The van der Waals surface area contributed by atoms with Crippen LogP contribution < -0.4 is 5.32 Å². The van der Waals surface area contributed by atoms with Crippen LogP contribution in [0.4, 0.5) is 0 Å². The molecule has 1 aliphatic heterocycles. The lowest BCUT2D eigenvalue weighted by Gasteiger charge is -2.35. The highest BCUT2D eigenvalue weighted by molar-refractivity contribution is 5.41. The smallest absolute Gasteiger partial charge is 0.124 e. The van der Waals surface area contributed by atoms with Crippen molar-refractivity contribution in [2.45, 2.75) is 25.3 Å². The van der Waals surface area contributed by atoms with Crippen LogP contribution in [0.1, 0.15) is 30.9 Å². The van der Waals surface area contributed by atoms with Gasteiger partial charge < -0.3 is 15.5 Å². The van der Waals surface area contributed by atoms with E-state index in [2.05, 4.69) is 10.2 Å². The summed E-state index contributed by atoms with van der Waals surface area (Å²) in [5, 5.41) is 22.9. The fourth-order valence-electron chi connectivity index (χ4n) is 2.95. The maximum Gasteiger partial charge on any atom is 0.124 e. The molecule has 3 N–H and O–H groups in total. The summed E-state index contributed by atoms with van der Waals surface area (Å²) in [5.41, 5.74) is 0.964. The van der Waals surface area contributed by atoms with Crippen LogP contribution in [0.3, 0.4) is 0 Å². The van der Waals surface area contributed by atoms with Crippen molar-refractivity contribution < 1.29 is 10.2 Å². The van der Waals surface area contributed by atoms with E-state index in [9.17, 15) is 10.2 Å². The number of hydrogen-bond donors (Lipinski definition) is 3. The van der Waals surface area contributed by atoms with Crippen molar-refractivity contribution in [2.75, 3.05) is 26.2 Å². The zero-order valence-corrected chi connectivity index (χ0v) is 11.2. The number of aromatic hydroxyl groups is 2. The van der Waals surface area contributed by atoms with E-state index < -0.39 is 0 Å². The summed E-state index contributed by atoms with van der Waals surface area (Å²) in [6.45, 7) is 4.08. The van der Waals surface area contributed by atoms with E-state index in [0.717, 1.165) is 44.1 Å². The van der Waals surface area contributed by atoms with E-state index in [0.29, 0.717) is 0 Å². The summed E-state index contributed by atoms with van der Waals surface area (Å²) in [5.74, 6) is 1.17. The first-order valence-corrected chi connectivity index (χ1v) is 7.20. The molecule has 1 saturated heterocycles. The van der Waals surface area contributed by atoms with Gasteiger partial charge in [0.2, 0.25) is 0 Å². The second-order valence-corrected chi connectivity index (χ2v) is 5.72. The van der Waals surface area contributed by atoms with E-state index >= 15 is 0 Å². The molecule has 1 atom stereocenters. The second kappa shape index (κ2) is 5.39. The van der Waals surface area contributed by atoms with Crippen molar-refractivity contribution in [3.8, 4) is 11.5 Å². The van der Waals surface area contributed by atoms with Crippen LogP contribution in [0.5, 0.6) is 11.5 Å². The standard InChI is InChI=1S/C15H22N2O2/c18-12-3-4-13(15(19)10-12)14(9-11-1-2-11)17-7-5-16-6-8-17/h3-4,10-11,14,16,18-19H,1-2,5-9H2/t14-/m0/s1. The molecule has 1 saturated carbocycles. The highest BCUT2D eigenvalue weighted by Gasteiger charge is 2.31. The van der Waals surface area contributed by atoms with Crippen LogP contribution in [0.25, 0.3) is 0 Å². The molecule has 3 rings (SSSR count). The third-order valence-electron chi connectivity index (χ3n) is 4.22. The molecule has 1 aliphatic carbocycles. The first-order valence-electron chi connectivity index (χ1n) is 7.20. The van der Waals surface area contributed by atoms with Gasteiger partial charge in [0.15, 0.2) is 0 Å². The van der Waals surface area contributed by atoms with Gasteiger partial charge in [-0.15, -0.1) is 0 Å². The van der Waals surface area contributed by atoms with Crippen molar-refractivity contribution in [2.24, 2.45) is 5.92 Å². The predicted octanol–water partition coefficient (Wildman–Crippen LogP) is 1.84. The van der Waals surface area contributed by atoms with Crippen molar-refractivity contribution >= 4 is 0 Å². The highest BCUT2D eigenvalue weighted by atomic mass is 16.3. The fourth-order valence-corrected chi connectivity index (χ4v) is 2.95. The van der Waals surface area contributed by atoms with E-state index in [4.69, 9.17) is 0 Å². The largest absolute Gasteiger partial charge is 0.508 e. The molecule has 1 aromatic carbocycles. The monoisotopic (exact) mass is 262 g/mol. The molecule has 19 heavy (non-hydrogen) atoms. The van der Waals surface area contributed by atoms with Crippen LogP contribution in [0.2, 0.25) is 0 Å². The molecule has 0 aromatic heterocycles. The molecule has 4 nitrogen and oxygen atoms in total. The fraction of sp³-hybridized carbons (Fsp3) is 0.600. The van der Waals surface area contributed by atoms with E-state index in [1.165, 1.54) is 18.9 Å². The first kappa shape index (κ1) is 12.8. The highest BCUT2D eigenvalue weighted by Crippen LogP contribution is 2.42. The Morgan fingerprint density at radius 3 is 2.58 bits per heavy atom. The van der Waals surface area contributed by atoms with Crippen molar-refractivity contribution in [3.63, 3.8) is 0 Å². The van der Waals surface area contributed by atoms with Gasteiger partial charge >= 0.3 is 0 Å². The Morgan fingerprint density at radius 2 is 1.95 bits per heavy atom. The molecule has 0 spiro atoms. The molecule has 0 amide bonds. The molecule has 104 valence electrons. The van der Waals surface area contributed by atoms with Gasteiger partial charge in [0.25, 0.3) is 0 Å². The lowest BCUT2D eigenvalue weighted by Crippen LogP contribution is -2.45. The SMILES string of the molecule is Oc1ccc([C@H](CC2CC2)N2CCNCC2)c(O)c1. The third-order valence-corrected chi connectivity index (χ3v) is 4.22. The minimum Gasteiger partial charge on any atom is -0.508 e. The Hall–Kier alpha value is -1.26. The summed E-state index contributed by atoms with van der Waals surface area (Å²) < 4.78 is 0. The molecular formula is C15H22N2O2. The number of nitrogens with one attached hydrogen (secondary N) is 1. The topological polar surface area (TPSA) is 55.7 Å². The maximum atomic E-state index is 10.1. The molecule has 1 aromatic rings. The molecule has 0 unspecified atom stereocenters. The van der Waals surface area contributed by atoms with Crippen molar-refractivity contribution in [1.82, 2.24) is 10.2 Å². The minimum absolute atomic E-state index is 0.131. The predicted molar refractivity (Wildman–Crippen MR) is 74.3 cm³/mol.